The highest BCUT2D eigenvalue weighted by Crippen LogP contribution is 2.48. The number of hydrogen-bond donors (Lipinski definition) is 2. The van der Waals surface area contributed by atoms with Gasteiger partial charge in [-0.3, -0.25) is 0 Å². The Kier molecular flexibility index (Phi) is 3.25. The van der Waals surface area contributed by atoms with E-state index in [4.69, 9.17) is 0 Å². The molecule has 3 heteroatoms. The smallest absolute Gasteiger partial charge is 0.127 e. The summed E-state index contributed by atoms with van der Waals surface area (Å²) >= 11 is 0. The Morgan fingerprint density at radius 2 is 1.83 bits per heavy atom. The van der Waals surface area contributed by atoms with E-state index in [9.17, 15) is 9.50 Å². The van der Waals surface area contributed by atoms with Gasteiger partial charge in [-0.2, -0.15) is 0 Å². The largest absolute Gasteiger partial charge is 0.508 e. The van der Waals surface area contributed by atoms with E-state index >= 15 is 0 Å². The molecular weight excluding hydrogens is 229 g/mol. The summed E-state index contributed by atoms with van der Waals surface area (Å²) in [5.74, 6) is 2.34. The van der Waals surface area contributed by atoms with Gasteiger partial charge in [0, 0.05) is 12.6 Å². The van der Waals surface area contributed by atoms with Gasteiger partial charge in [0.25, 0.3) is 0 Å². The molecule has 0 heterocycles. The Morgan fingerprint density at radius 1 is 1.17 bits per heavy atom. The summed E-state index contributed by atoms with van der Waals surface area (Å²) in [6, 6.07) is 4.25. The maximum atomic E-state index is 13.1. The van der Waals surface area contributed by atoms with E-state index in [1.807, 2.05) is 0 Å². The average Bonchev–Trinajstić information content (AvgIpc) is 3.14. The molecule has 1 aromatic rings. The fourth-order valence-corrected chi connectivity index (χ4v) is 2.89. The van der Waals surface area contributed by atoms with Crippen LogP contribution in [0.2, 0.25) is 0 Å². The van der Waals surface area contributed by atoms with Gasteiger partial charge in [-0.25, -0.2) is 4.39 Å². The summed E-state index contributed by atoms with van der Waals surface area (Å²) in [6.07, 6.45) is 5.57. The van der Waals surface area contributed by atoms with Crippen molar-refractivity contribution < 1.29 is 9.50 Å². The van der Waals surface area contributed by atoms with Crippen LogP contribution in [0.25, 0.3) is 0 Å². The van der Waals surface area contributed by atoms with Gasteiger partial charge in [0.1, 0.15) is 11.6 Å². The van der Waals surface area contributed by atoms with Gasteiger partial charge in [-0.05, 0) is 67.7 Å². The molecule has 0 radical (unpaired) electrons. The van der Waals surface area contributed by atoms with E-state index in [0.29, 0.717) is 6.54 Å². The topological polar surface area (TPSA) is 32.3 Å². The van der Waals surface area contributed by atoms with Crippen LogP contribution >= 0.6 is 0 Å². The fourth-order valence-electron chi connectivity index (χ4n) is 2.89. The van der Waals surface area contributed by atoms with Gasteiger partial charge < -0.3 is 10.4 Å². The first-order chi connectivity index (χ1) is 8.72. The van der Waals surface area contributed by atoms with Crippen LogP contribution in [-0.2, 0) is 6.54 Å². The quantitative estimate of drug-likeness (QED) is 0.812. The highest BCUT2D eigenvalue weighted by molar-refractivity contribution is 5.28. The molecule has 2 aliphatic carbocycles. The zero-order valence-electron chi connectivity index (χ0n) is 10.5. The van der Waals surface area contributed by atoms with Crippen LogP contribution in [0.3, 0.4) is 0 Å². The molecule has 1 aromatic carbocycles. The maximum absolute atomic E-state index is 13.1. The summed E-state index contributed by atoms with van der Waals surface area (Å²) in [4.78, 5) is 0. The van der Waals surface area contributed by atoms with Crippen LogP contribution in [0.15, 0.2) is 18.2 Å². The summed E-state index contributed by atoms with van der Waals surface area (Å²) in [5.41, 5.74) is 0.817. The van der Waals surface area contributed by atoms with Crippen LogP contribution in [-0.4, -0.2) is 11.7 Å². The fraction of sp³-hybridized carbons (Fsp3) is 0.600. The molecule has 0 saturated heterocycles. The molecule has 3 rings (SSSR count). The van der Waals surface area contributed by atoms with Gasteiger partial charge in [-0.1, -0.05) is 0 Å². The van der Waals surface area contributed by atoms with Crippen molar-refractivity contribution in [2.75, 3.05) is 6.54 Å². The summed E-state index contributed by atoms with van der Waals surface area (Å²) < 4.78 is 13.1. The zero-order chi connectivity index (χ0) is 12.5. The van der Waals surface area contributed by atoms with Gasteiger partial charge in [0.15, 0.2) is 0 Å². The standard InChI is InChI=1S/C15H20FNO/c16-13-5-10(6-14(18)7-13)8-17-9-15(11-1-2-11)12-3-4-12/h5-7,11-12,15,17-18H,1-4,8-9H2. The van der Waals surface area contributed by atoms with E-state index in [1.165, 1.54) is 31.7 Å². The van der Waals surface area contributed by atoms with Gasteiger partial charge in [0.2, 0.25) is 0 Å². The third-order valence-electron chi connectivity index (χ3n) is 4.11. The molecule has 2 saturated carbocycles. The van der Waals surface area contributed by atoms with Crippen molar-refractivity contribution in [3.8, 4) is 5.75 Å². The molecule has 2 fully saturated rings. The molecule has 2 N–H and O–H groups in total. The highest BCUT2D eigenvalue weighted by Gasteiger charge is 2.40. The number of phenols is 1. The Labute approximate surface area is 107 Å². The number of halogens is 1. The lowest BCUT2D eigenvalue weighted by atomic mass is 9.98. The van der Waals surface area contributed by atoms with Crippen molar-refractivity contribution in [3.63, 3.8) is 0 Å². The Morgan fingerprint density at radius 3 is 2.39 bits per heavy atom. The molecule has 0 aliphatic heterocycles. The van der Waals surface area contributed by atoms with Crippen molar-refractivity contribution in [1.82, 2.24) is 5.32 Å². The van der Waals surface area contributed by atoms with Crippen molar-refractivity contribution in [3.05, 3.63) is 29.6 Å². The van der Waals surface area contributed by atoms with Gasteiger partial charge in [-0.15, -0.1) is 0 Å². The first kappa shape index (κ1) is 12.0. The minimum absolute atomic E-state index is 0.00716. The van der Waals surface area contributed by atoms with Crippen LogP contribution < -0.4 is 5.32 Å². The van der Waals surface area contributed by atoms with E-state index in [0.717, 1.165) is 35.9 Å². The van der Waals surface area contributed by atoms with E-state index < -0.39 is 0 Å². The van der Waals surface area contributed by atoms with Crippen molar-refractivity contribution in [1.29, 1.82) is 0 Å². The van der Waals surface area contributed by atoms with Gasteiger partial charge >= 0.3 is 0 Å². The molecule has 0 amide bonds. The number of aromatic hydroxyl groups is 1. The van der Waals surface area contributed by atoms with Crippen LogP contribution in [0.4, 0.5) is 4.39 Å². The number of hydrogen-bond acceptors (Lipinski definition) is 2. The average molecular weight is 249 g/mol. The minimum atomic E-state index is -0.368. The lowest BCUT2D eigenvalue weighted by Crippen LogP contribution is -2.25. The zero-order valence-corrected chi connectivity index (χ0v) is 10.5. The van der Waals surface area contributed by atoms with Crippen molar-refractivity contribution in [2.45, 2.75) is 32.2 Å². The van der Waals surface area contributed by atoms with E-state index in [-0.39, 0.29) is 11.6 Å². The number of rotatable bonds is 6. The van der Waals surface area contributed by atoms with E-state index in [2.05, 4.69) is 5.32 Å². The third-order valence-corrected chi connectivity index (χ3v) is 4.11. The number of nitrogens with one attached hydrogen (secondary N) is 1. The molecule has 98 valence electrons. The molecule has 0 bridgehead atoms. The second-order valence-electron chi connectivity index (χ2n) is 5.79. The summed E-state index contributed by atoms with van der Waals surface area (Å²) in [6.45, 7) is 1.67. The SMILES string of the molecule is Oc1cc(F)cc(CNCC(C2CC2)C2CC2)c1. The van der Waals surface area contributed by atoms with Crippen LogP contribution in [0, 0.1) is 23.6 Å². The van der Waals surface area contributed by atoms with Crippen LogP contribution in [0.1, 0.15) is 31.2 Å². The second kappa shape index (κ2) is 4.88. The highest BCUT2D eigenvalue weighted by atomic mass is 19.1. The first-order valence-corrected chi connectivity index (χ1v) is 6.91. The normalized spacial score (nSPS) is 19.4. The van der Waals surface area contributed by atoms with Crippen LogP contribution in [0.5, 0.6) is 5.75 Å². The molecule has 2 nitrogen and oxygen atoms in total. The molecule has 0 unspecified atom stereocenters. The molecule has 18 heavy (non-hydrogen) atoms. The predicted molar refractivity (Wildman–Crippen MR) is 68.7 cm³/mol. The second-order valence-corrected chi connectivity index (χ2v) is 5.79. The van der Waals surface area contributed by atoms with Crippen molar-refractivity contribution in [2.24, 2.45) is 17.8 Å². The lowest BCUT2D eigenvalue weighted by Gasteiger charge is -2.16. The minimum Gasteiger partial charge on any atom is -0.508 e. The molecular formula is C15H20FNO. The predicted octanol–water partition coefficient (Wildman–Crippen LogP) is 3.06. The number of benzene rings is 1. The molecule has 0 atom stereocenters. The number of phenolic OH excluding ortho intramolecular Hbond substituents is 1. The van der Waals surface area contributed by atoms with Crippen molar-refractivity contribution >= 4 is 0 Å². The summed E-state index contributed by atoms with van der Waals surface area (Å²) in [5, 5.41) is 12.8. The first-order valence-electron chi connectivity index (χ1n) is 6.91. The Hall–Kier alpha value is -1.09. The third kappa shape index (κ3) is 3.02. The molecule has 0 spiro atoms. The Bertz CT molecular complexity index is 394. The molecule has 0 aromatic heterocycles. The van der Waals surface area contributed by atoms with E-state index in [1.54, 1.807) is 6.07 Å². The Balaban J connectivity index is 1.51. The molecule has 2 aliphatic rings. The van der Waals surface area contributed by atoms with Gasteiger partial charge in [0.05, 0.1) is 0 Å². The lowest BCUT2D eigenvalue weighted by molar-refractivity contribution is 0.378. The summed E-state index contributed by atoms with van der Waals surface area (Å²) in [7, 11) is 0. The maximum Gasteiger partial charge on any atom is 0.127 e. The monoisotopic (exact) mass is 249 g/mol.